The Labute approximate surface area is 98.0 Å². The fourth-order valence-corrected chi connectivity index (χ4v) is 1.85. The van der Waals surface area contributed by atoms with Gasteiger partial charge in [-0.15, -0.1) is 0 Å². The molecule has 1 saturated heterocycles. The lowest BCUT2D eigenvalue weighted by atomic mass is 10.0. The Kier molecular flexibility index (Phi) is 4.76. The van der Waals surface area contributed by atoms with Crippen molar-refractivity contribution in [3.8, 4) is 0 Å². The highest BCUT2D eigenvalue weighted by Crippen LogP contribution is 2.26. The molecule has 1 heterocycles. The van der Waals surface area contributed by atoms with Crippen LogP contribution in [0.15, 0.2) is 0 Å². The van der Waals surface area contributed by atoms with Crippen LogP contribution < -0.4 is 0 Å². The van der Waals surface area contributed by atoms with Gasteiger partial charge in [0.15, 0.2) is 0 Å². The fourth-order valence-electron chi connectivity index (χ4n) is 1.85. The quantitative estimate of drug-likeness (QED) is 0.775. The molecule has 4 nitrogen and oxygen atoms in total. The highest BCUT2D eigenvalue weighted by molar-refractivity contribution is 5.82. The third kappa shape index (κ3) is 3.85. The minimum atomic E-state index is -4.78. The average molecular weight is 254 g/mol. The smallest absolute Gasteiger partial charge is 0.396 e. The van der Waals surface area contributed by atoms with E-state index in [1.165, 1.54) is 0 Å². The molecule has 1 amide bonds. The third-order valence-electron chi connectivity index (χ3n) is 2.87. The average Bonchev–Trinajstić information content (AvgIpc) is 2.20. The zero-order chi connectivity index (χ0) is 13.1. The van der Waals surface area contributed by atoms with Crippen LogP contribution in [0.1, 0.15) is 12.8 Å². The molecule has 1 aliphatic heterocycles. The summed E-state index contributed by atoms with van der Waals surface area (Å²) < 4.78 is 36.6. The number of aliphatic hydroxyl groups is 1. The summed E-state index contributed by atoms with van der Waals surface area (Å²) in [6, 6.07) is -0.354. The van der Waals surface area contributed by atoms with Gasteiger partial charge in [-0.25, -0.2) is 0 Å². The number of hydrogen-bond donors (Lipinski definition) is 1. The maximum atomic E-state index is 12.2. The molecule has 1 atom stereocenters. The molecule has 1 fully saturated rings. The molecule has 1 N–H and O–H groups in total. The van der Waals surface area contributed by atoms with Crippen LogP contribution in [0.5, 0.6) is 0 Å². The molecule has 1 aliphatic rings. The molecule has 0 aromatic carbocycles. The van der Waals surface area contributed by atoms with E-state index in [2.05, 4.69) is 0 Å². The summed E-state index contributed by atoms with van der Waals surface area (Å²) in [7, 11) is 1.77. The number of rotatable bonds is 5. The maximum absolute atomic E-state index is 12.2. The van der Waals surface area contributed by atoms with Crippen LogP contribution in [0.25, 0.3) is 0 Å². The van der Waals surface area contributed by atoms with Crippen molar-refractivity contribution >= 4 is 5.91 Å². The number of likely N-dealkylation sites (N-methyl/N-ethyl adjacent to an activating group) is 1. The van der Waals surface area contributed by atoms with Crippen molar-refractivity contribution in [3.05, 3.63) is 0 Å². The summed E-state index contributed by atoms with van der Waals surface area (Å²) in [4.78, 5) is 13.7. The number of hydrogen-bond acceptors (Lipinski definition) is 3. The van der Waals surface area contributed by atoms with Gasteiger partial charge in [0.25, 0.3) is 0 Å². The van der Waals surface area contributed by atoms with Gasteiger partial charge in [0.1, 0.15) is 0 Å². The largest absolute Gasteiger partial charge is 0.471 e. The Bertz CT molecular complexity index is 271. The van der Waals surface area contributed by atoms with Gasteiger partial charge in [-0.3, -0.25) is 4.79 Å². The van der Waals surface area contributed by atoms with E-state index in [9.17, 15) is 18.0 Å². The number of amides is 1. The Morgan fingerprint density at radius 3 is 2.59 bits per heavy atom. The summed E-state index contributed by atoms with van der Waals surface area (Å²) in [6.45, 7) is 1.26. The normalized spacial score (nSPS) is 20.6. The summed E-state index contributed by atoms with van der Waals surface area (Å²) >= 11 is 0. The molecule has 0 aromatic rings. The topological polar surface area (TPSA) is 43.8 Å². The molecule has 0 spiro atoms. The van der Waals surface area contributed by atoms with Crippen molar-refractivity contribution in [2.45, 2.75) is 25.1 Å². The molecule has 100 valence electrons. The maximum Gasteiger partial charge on any atom is 0.471 e. The number of likely N-dealkylation sites (tertiary alicyclic amines) is 1. The SMILES string of the molecule is CN(CCCO)CC1CCN1C(=O)C(F)(F)F. The molecule has 0 saturated carbocycles. The summed E-state index contributed by atoms with van der Waals surface area (Å²) in [5, 5.41) is 8.63. The summed E-state index contributed by atoms with van der Waals surface area (Å²) in [6.07, 6.45) is -3.59. The molecule has 0 aromatic heterocycles. The second kappa shape index (κ2) is 5.68. The first-order valence-electron chi connectivity index (χ1n) is 5.53. The third-order valence-corrected chi connectivity index (χ3v) is 2.87. The fraction of sp³-hybridized carbons (Fsp3) is 0.900. The lowest BCUT2D eigenvalue weighted by Gasteiger charge is -2.42. The van der Waals surface area contributed by atoms with Gasteiger partial charge in [0.05, 0.1) is 0 Å². The number of halogens is 3. The van der Waals surface area contributed by atoms with E-state index in [1.54, 1.807) is 7.05 Å². The number of carbonyl (C=O) groups is 1. The standard InChI is InChI=1S/C10H17F3N2O2/c1-14(4-2-6-16)7-8-3-5-15(8)9(17)10(11,12)13/h8,16H,2-7H2,1H3. The number of alkyl halides is 3. The monoisotopic (exact) mass is 254 g/mol. The second-order valence-electron chi connectivity index (χ2n) is 4.28. The Morgan fingerprint density at radius 2 is 2.18 bits per heavy atom. The van der Waals surface area contributed by atoms with E-state index in [1.807, 2.05) is 4.90 Å². The van der Waals surface area contributed by atoms with E-state index >= 15 is 0 Å². The lowest BCUT2D eigenvalue weighted by Crippen LogP contribution is -2.58. The van der Waals surface area contributed by atoms with Gasteiger partial charge in [-0.05, 0) is 19.9 Å². The van der Waals surface area contributed by atoms with Crippen molar-refractivity contribution in [2.24, 2.45) is 0 Å². The van der Waals surface area contributed by atoms with E-state index in [0.717, 1.165) is 4.90 Å². The van der Waals surface area contributed by atoms with Gasteiger partial charge < -0.3 is 14.9 Å². The van der Waals surface area contributed by atoms with Gasteiger partial charge in [-0.2, -0.15) is 13.2 Å². The van der Waals surface area contributed by atoms with E-state index < -0.39 is 12.1 Å². The van der Waals surface area contributed by atoms with Crippen LogP contribution in [0.4, 0.5) is 13.2 Å². The van der Waals surface area contributed by atoms with Crippen LogP contribution in [0, 0.1) is 0 Å². The predicted octanol–water partition coefficient (Wildman–Crippen LogP) is 0.464. The van der Waals surface area contributed by atoms with Crippen molar-refractivity contribution in [1.29, 1.82) is 0 Å². The molecule has 0 radical (unpaired) electrons. The van der Waals surface area contributed by atoms with E-state index in [0.29, 0.717) is 25.9 Å². The molecular formula is C10H17F3N2O2. The van der Waals surface area contributed by atoms with Gasteiger partial charge >= 0.3 is 12.1 Å². The molecule has 1 rings (SSSR count). The number of nitrogens with zero attached hydrogens (tertiary/aromatic N) is 2. The van der Waals surface area contributed by atoms with Gasteiger partial charge in [-0.1, -0.05) is 0 Å². The van der Waals surface area contributed by atoms with E-state index in [-0.39, 0.29) is 19.2 Å². The Balaban J connectivity index is 2.39. The van der Waals surface area contributed by atoms with Crippen molar-refractivity contribution in [1.82, 2.24) is 9.80 Å². The minimum Gasteiger partial charge on any atom is -0.396 e. The lowest BCUT2D eigenvalue weighted by molar-refractivity contribution is -0.193. The van der Waals surface area contributed by atoms with Crippen molar-refractivity contribution < 1.29 is 23.1 Å². The molecule has 0 aliphatic carbocycles. The van der Waals surface area contributed by atoms with Gasteiger partial charge in [0.2, 0.25) is 0 Å². The predicted molar refractivity (Wildman–Crippen MR) is 55.4 cm³/mol. The molecule has 17 heavy (non-hydrogen) atoms. The van der Waals surface area contributed by atoms with Crippen LogP contribution >= 0.6 is 0 Å². The van der Waals surface area contributed by atoms with Crippen LogP contribution in [-0.4, -0.2) is 66.3 Å². The van der Waals surface area contributed by atoms with Crippen molar-refractivity contribution in [2.75, 3.05) is 33.3 Å². The Morgan fingerprint density at radius 1 is 1.53 bits per heavy atom. The number of carbonyl (C=O) groups excluding carboxylic acids is 1. The first kappa shape index (κ1) is 14.2. The summed E-state index contributed by atoms with van der Waals surface area (Å²) in [5.41, 5.74) is 0. The van der Waals surface area contributed by atoms with E-state index in [4.69, 9.17) is 5.11 Å². The van der Waals surface area contributed by atoms with Crippen molar-refractivity contribution in [3.63, 3.8) is 0 Å². The second-order valence-corrected chi connectivity index (χ2v) is 4.28. The Hall–Kier alpha value is -0.820. The highest BCUT2D eigenvalue weighted by Gasteiger charge is 2.47. The first-order chi connectivity index (χ1) is 7.86. The zero-order valence-electron chi connectivity index (χ0n) is 9.70. The van der Waals surface area contributed by atoms with Crippen LogP contribution in [-0.2, 0) is 4.79 Å². The first-order valence-corrected chi connectivity index (χ1v) is 5.53. The molecule has 1 unspecified atom stereocenters. The molecular weight excluding hydrogens is 237 g/mol. The summed E-state index contributed by atoms with van der Waals surface area (Å²) in [5.74, 6) is -1.75. The minimum absolute atomic E-state index is 0.0558. The van der Waals surface area contributed by atoms with Crippen LogP contribution in [0.3, 0.4) is 0 Å². The molecule has 7 heteroatoms. The zero-order valence-corrected chi connectivity index (χ0v) is 9.70. The van der Waals surface area contributed by atoms with Gasteiger partial charge in [0, 0.05) is 32.3 Å². The highest BCUT2D eigenvalue weighted by atomic mass is 19.4. The molecule has 0 bridgehead atoms. The van der Waals surface area contributed by atoms with Crippen LogP contribution in [0.2, 0.25) is 0 Å². The number of aliphatic hydroxyl groups excluding tert-OH is 1.